The molecule has 2 rings (SSSR count). The fourth-order valence-corrected chi connectivity index (χ4v) is 3.30. The molecule has 1 N–H and O–H groups in total. The third-order valence-electron chi connectivity index (χ3n) is 4.33. The van der Waals surface area contributed by atoms with Gasteiger partial charge in [0.1, 0.15) is 0 Å². The van der Waals surface area contributed by atoms with Crippen molar-refractivity contribution in [1.29, 1.82) is 0 Å². The first-order chi connectivity index (χ1) is 8.75. The van der Waals surface area contributed by atoms with E-state index in [0.717, 1.165) is 32.1 Å². The lowest BCUT2D eigenvalue weighted by Gasteiger charge is -2.27. The summed E-state index contributed by atoms with van der Waals surface area (Å²) < 4.78 is 0. The summed E-state index contributed by atoms with van der Waals surface area (Å²) in [5.74, 6) is -0.669. The van der Waals surface area contributed by atoms with Crippen LogP contribution in [0, 0.1) is 0 Å². The number of aliphatic carboxylic acids is 1. The van der Waals surface area contributed by atoms with Crippen LogP contribution in [-0.4, -0.2) is 59.6 Å². The van der Waals surface area contributed by atoms with Crippen LogP contribution in [0.1, 0.15) is 44.9 Å². The van der Waals surface area contributed by atoms with Crippen molar-refractivity contribution in [2.75, 3.05) is 32.7 Å². The summed E-state index contributed by atoms with van der Waals surface area (Å²) in [7, 11) is 0. The van der Waals surface area contributed by atoms with Crippen LogP contribution in [0.5, 0.6) is 0 Å². The van der Waals surface area contributed by atoms with E-state index in [1.54, 1.807) is 0 Å². The van der Waals surface area contributed by atoms with Crippen molar-refractivity contribution >= 4 is 5.97 Å². The van der Waals surface area contributed by atoms with Gasteiger partial charge in [-0.3, -0.25) is 9.69 Å². The minimum Gasteiger partial charge on any atom is -0.481 e. The molecule has 1 aliphatic carbocycles. The molecule has 0 spiro atoms. The summed E-state index contributed by atoms with van der Waals surface area (Å²) in [4.78, 5) is 15.6. The van der Waals surface area contributed by atoms with E-state index in [2.05, 4.69) is 9.80 Å². The van der Waals surface area contributed by atoms with Crippen molar-refractivity contribution in [3.63, 3.8) is 0 Å². The van der Waals surface area contributed by atoms with Crippen LogP contribution < -0.4 is 0 Å². The molecule has 2 aliphatic rings. The van der Waals surface area contributed by atoms with E-state index in [1.165, 1.54) is 45.2 Å². The highest BCUT2D eigenvalue weighted by Gasteiger charge is 2.24. The molecular formula is C14H26N2O2. The number of carboxylic acid groups (broad SMARTS) is 1. The van der Waals surface area contributed by atoms with Crippen molar-refractivity contribution in [2.45, 2.75) is 51.0 Å². The first-order valence-electron chi connectivity index (χ1n) is 7.44. The topological polar surface area (TPSA) is 43.8 Å². The van der Waals surface area contributed by atoms with Crippen LogP contribution in [0.15, 0.2) is 0 Å². The summed E-state index contributed by atoms with van der Waals surface area (Å²) in [6, 6.07) is 0.837. The van der Waals surface area contributed by atoms with Crippen LogP contribution in [0.4, 0.5) is 0 Å². The molecule has 0 aromatic heterocycles. The van der Waals surface area contributed by atoms with Crippen molar-refractivity contribution < 1.29 is 9.90 Å². The smallest absolute Gasteiger partial charge is 0.303 e. The minimum absolute atomic E-state index is 0.308. The summed E-state index contributed by atoms with van der Waals surface area (Å²) in [5.41, 5.74) is 0. The van der Waals surface area contributed by atoms with Crippen LogP contribution in [-0.2, 0) is 4.79 Å². The second-order valence-corrected chi connectivity index (χ2v) is 5.67. The van der Waals surface area contributed by atoms with Gasteiger partial charge in [0.2, 0.25) is 0 Å². The average Bonchev–Trinajstić information content (AvgIpc) is 2.76. The molecule has 0 radical (unpaired) electrons. The third-order valence-corrected chi connectivity index (χ3v) is 4.33. The molecule has 0 atom stereocenters. The van der Waals surface area contributed by atoms with Crippen molar-refractivity contribution in [1.82, 2.24) is 9.80 Å². The van der Waals surface area contributed by atoms with E-state index in [4.69, 9.17) is 5.11 Å². The molecule has 0 aromatic carbocycles. The van der Waals surface area contributed by atoms with E-state index >= 15 is 0 Å². The Bertz CT molecular complexity index is 265. The second-order valence-electron chi connectivity index (χ2n) is 5.67. The van der Waals surface area contributed by atoms with Crippen LogP contribution in [0.25, 0.3) is 0 Å². The highest BCUT2D eigenvalue weighted by molar-refractivity contribution is 5.66. The lowest BCUT2D eigenvalue weighted by Crippen LogP contribution is -2.37. The maximum absolute atomic E-state index is 10.5. The van der Waals surface area contributed by atoms with Gasteiger partial charge >= 0.3 is 5.97 Å². The fourth-order valence-electron chi connectivity index (χ4n) is 3.30. The monoisotopic (exact) mass is 254 g/mol. The molecule has 0 unspecified atom stereocenters. The first kappa shape index (κ1) is 13.8. The van der Waals surface area contributed by atoms with Gasteiger partial charge < -0.3 is 10.0 Å². The van der Waals surface area contributed by atoms with Gasteiger partial charge in [-0.05, 0) is 45.3 Å². The summed E-state index contributed by atoms with van der Waals surface area (Å²) in [5, 5.41) is 8.66. The zero-order valence-corrected chi connectivity index (χ0v) is 11.3. The molecule has 1 heterocycles. The zero-order chi connectivity index (χ0) is 12.8. The van der Waals surface area contributed by atoms with Gasteiger partial charge in [-0.1, -0.05) is 12.8 Å². The van der Waals surface area contributed by atoms with Gasteiger partial charge in [0.15, 0.2) is 0 Å². The average molecular weight is 254 g/mol. The molecule has 18 heavy (non-hydrogen) atoms. The van der Waals surface area contributed by atoms with Gasteiger partial charge in [-0.15, -0.1) is 0 Å². The summed E-state index contributed by atoms with van der Waals surface area (Å²) in [6.07, 6.45) is 7.93. The Morgan fingerprint density at radius 3 is 2.56 bits per heavy atom. The molecule has 1 aliphatic heterocycles. The molecule has 1 saturated carbocycles. The molecule has 2 fully saturated rings. The first-order valence-corrected chi connectivity index (χ1v) is 7.44. The number of carbonyl (C=O) groups is 1. The van der Waals surface area contributed by atoms with Crippen LogP contribution >= 0.6 is 0 Å². The molecule has 1 saturated heterocycles. The Balaban J connectivity index is 1.69. The highest BCUT2D eigenvalue weighted by Crippen LogP contribution is 2.24. The van der Waals surface area contributed by atoms with Crippen LogP contribution in [0.2, 0.25) is 0 Å². The van der Waals surface area contributed by atoms with Crippen molar-refractivity contribution in [3.05, 3.63) is 0 Å². The Morgan fingerprint density at radius 2 is 1.83 bits per heavy atom. The predicted molar refractivity (Wildman–Crippen MR) is 71.8 cm³/mol. The second kappa shape index (κ2) is 7.10. The number of carboxylic acids is 1. The van der Waals surface area contributed by atoms with E-state index in [0.29, 0.717) is 6.42 Å². The standard InChI is InChI=1S/C14H26N2O2/c17-14(18)7-3-8-15-9-4-10-16(12-11-15)13-5-1-2-6-13/h13H,1-12H2,(H,17,18). The van der Waals surface area contributed by atoms with Gasteiger partial charge in [0.25, 0.3) is 0 Å². The minimum atomic E-state index is -0.669. The third kappa shape index (κ3) is 4.25. The van der Waals surface area contributed by atoms with Gasteiger partial charge in [-0.25, -0.2) is 0 Å². The Hall–Kier alpha value is -0.610. The SMILES string of the molecule is O=C(O)CCCN1CCCN(C2CCCC2)CC1. The van der Waals surface area contributed by atoms with Crippen molar-refractivity contribution in [3.8, 4) is 0 Å². The lowest BCUT2D eigenvalue weighted by molar-refractivity contribution is -0.137. The maximum Gasteiger partial charge on any atom is 0.303 e. The van der Waals surface area contributed by atoms with Gasteiger partial charge in [0, 0.05) is 25.6 Å². The molecule has 4 heteroatoms. The van der Waals surface area contributed by atoms with E-state index in [1.807, 2.05) is 0 Å². The normalized spacial score (nSPS) is 24.2. The Labute approximate surface area is 110 Å². The van der Waals surface area contributed by atoms with Crippen LogP contribution in [0.3, 0.4) is 0 Å². The summed E-state index contributed by atoms with van der Waals surface area (Å²) in [6.45, 7) is 5.63. The number of nitrogens with zero attached hydrogens (tertiary/aromatic N) is 2. The Morgan fingerprint density at radius 1 is 1.06 bits per heavy atom. The quantitative estimate of drug-likeness (QED) is 0.812. The number of hydrogen-bond donors (Lipinski definition) is 1. The van der Waals surface area contributed by atoms with Gasteiger partial charge in [-0.2, -0.15) is 0 Å². The molecule has 0 amide bonds. The largest absolute Gasteiger partial charge is 0.481 e. The van der Waals surface area contributed by atoms with E-state index in [9.17, 15) is 4.79 Å². The molecule has 0 aromatic rings. The lowest BCUT2D eigenvalue weighted by atomic mass is 10.2. The summed E-state index contributed by atoms with van der Waals surface area (Å²) >= 11 is 0. The maximum atomic E-state index is 10.5. The molecule has 4 nitrogen and oxygen atoms in total. The number of hydrogen-bond acceptors (Lipinski definition) is 3. The fraction of sp³-hybridized carbons (Fsp3) is 0.929. The number of rotatable bonds is 5. The van der Waals surface area contributed by atoms with Crippen molar-refractivity contribution in [2.24, 2.45) is 0 Å². The zero-order valence-electron chi connectivity index (χ0n) is 11.3. The molecule has 0 bridgehead atoms. The van der Waals surface area contributed by atoms with E-state index in [-0.39, 0.29) is 0 Å². The molecule has 104 valence electrons. The highest BCUT2D eigenvalue weighted by atomic mass is 16.4. The van der Waals surface area contributed by atoms with Gasteiger partial charge in [0.05, 0.1) is 0 Å². The Kier molecular flexibility index (Phi) is 5.45. The molecular weight excluding hydrogens is 228 g/mol. The van der Waals surface area contributed by atoms with E-state index < -0.39 is 5.97 Å². The predicted octanol–water partition coefficient (Wildman–Crippen LogP) is 1.80.